The lowest BCUT2D eigenvalue weighted by molar-refractivity contribution is 0.669. The molecule has 0 atom stereocenters. The van der Waals surface area contributed by atoms with Crippen LogP contribution in [0.4, 0.5) is 0 Å². The Balaban J connectivity index is 1.41. The normalized spacial score (nSPS) is 15.0. The SMILES string of the molecule is [2H]c1c([2H])c([2H])c(-c2nc(-c3cccc4c(-c5cccc6cccc(C#N)c56)cccc34)nc(-c3c([2H])c([2H])c([2H])c4oc5c([2H])c([2H])c([2H])c([2H])c5c34)n2)c([2H])c1[2H]. The summed E-state index contributed by atoms with van der Waals surface area (Å²) in [6.07, 6.45) is 0. The Morgan fingerprint density at radius 3 is 1.98 bits per heavy atom. The van der Waals surface area contributed by atoms with Crippen molar-refractivity contribution in [2.45, 2.75) is 0 Å². The van der Waals surface area contributed by atoms with E-state index < -0.39 is 72.5 Å². The van der Waals surface area contributed by atoms with Gasteiger partial charge in [-0.15, -0.1) is 0 Å². The number of rotatable bonds is 4. The number of furan rings is 1. The standard InChI is InChI=1S/C42H24N4O/c43-25-28-15-6-13-26-14-7-20-32(38(26)28)30-18-8-19-31-29(30)17-9-21-33(31)41-44-40(27-11-2-1-3-12-27)45-42(46-41)35-22-10-24-37-39(35)34-16-4-5-23-36(34)47-37/h1-24H/i1D,2D,3D,4D,5D,10D,11D,12D,16D,22D,23D,24D. The molecule has 0 aliphatic rings. The molecule has 0 fully saturated rings. The van der Waals surface area contributed by atoms with Crippen molar-refractivity contribution in [3.05, 3.63) is 151 Å². The van der Waals surface area contributed by atoms with Crippen molar-refractivity contribution in [3.63, 3.8) is 0 Å². The lowest BCUT2D eigenvalue weighted by Gasteiger charge is -2.14. The van der Waals surface area contributed by atoms with E-state index in [-0.39, 0.29) is 50.5 Å². The molecule has 0 saturated carbocycles. The maximum Gasteiger partial charge on any atom is 0.164 e. The topological polar surface area (TPSA) is 75.6 Å². The fourth-order valence-electron chi connectivity index (χ4n) is 6.01. The zero-order valence-electron chi connectivity index (χ0n) is 36.1. The molecule has 0 N–H and O–H groups in total. The molecule has 218 valence electrons. The third-order valence-corrected chi connectivity index (χ3v) is 8.01. The van der Waals surface area contributed by atoms with Crippen molar-refractivity contribution >= 4 is 43.5 Å². The van der Waals surface area contributed by atoms with E-state index in [9.17, 15) is 5.26 Å². The maximum absolute atomic E-state index is 10.0. The molecular formula is C42H24N4O. The van der Waals surface area contributed by atoms with Gasteiger partial charge >= 0.3 is 0 Å². The van der Waals surface area contributed by atoms with Crippen LogP contribution in [0, 0.1) is 11.3 Å². The summed E-state index contributed by atoms with van der Waals surface area (Å²) in [7, 11) is 0. The van der Waals surface area contributed by atoms with E-state index in [0.717, 1.165) is 27.3 Å². The molecular weight excluding hydrogens is 576 g/mol. The average Bonchev–Trinajstić information content (AvgIpc) is 3.65. The van der Waals surface area contributed by atoms with E-state index >= 15 is 0 Å². The molecule has 7 aromatic carbocycles. The van der Waals surface area contributed by atoms with Gasteiger partial charge in [0.15, 0.2) is 17.5 Å². The fraction of sp³-hybridized carbons (Fsp3) is 0. The van der Waals surface area contributed by atoms with E-state index in [1.54, 1.807) is 18.2 Å². The van der Waals surface area contributed by atoms with Gasteiger partial charge in [-0.3, -0.25) is 0 Å². The van der Waals surface area contributed by atoms with Crippen LogP contribution in [0.2, 0.25) is 0 Å². The summed E-state index contributed by atoms with van der Waals surface area (Å²) in [6.45, 7) is 0. The summed E-state index contributed by atoms with van der Waals surface area (Å²) in [5.41, 5.74) is 1.16. The highest BCUT2D eigenvalue weighted by molar-refractivity contribution is 6.12. The van der Waals surface area contributed by atoms with Crippen molar-refractivity contribution in [1.29, 1.82) is 5.26 Å². The van der Waals surface area contributed by atoms with Crippen LogP contribution in [0.25, 0.3) is 88.8 Å². The van der Waals surface area contributed by atoms with Crippen LogP contribution in [0.1, 0.15) is 22.0 Å². The summed E-state index contributed by atoms with van der Waals surface area (Å²) >= 11 is 0. The number of nitrogens with zero attached hydrogens (tertiary/aromatic N) is 4. The average molecular weight is 613 g/mol. The summed E-state index contributed by atoms with van der Waals surface area (Å²) in [5, 5.41) is 12.7. The lowest BCUT2D eigenvalue weighted by Crippen LogP contribution is -2.01. The second kappa shape index (κ2) is 10.8. The molecule has 2 aromatic heterocycles. The molecule has 0 spiro atoms. The number of nitriles is 1. The van der Waals surface area contributed by atoms with Gasteiger partial charge < -0.3 is 4.42 Å². The largest absolute Gasteiger partial charge is 0.456 e. The number of hydrogen-bond donors (Lipinski definition) is 0. The molecule has 0 aliphatic carbocycles. The molecule has 9 aromatic rings. The highest BCUT2D eigenvalue weighted by Crippen LogP contribution is 2.40. The highest BCUT2D eigenvalue weighted by Gasteiger charge is 2.19. The minimum Gasteiger partial charge on any atom is -0.456 e. The second-order valence-corrected chi connectivity index (χ2v) is 10.6. The smallest absolute Gasteiger partial charge is 0.164 e. The van der Waals surface area contributed by atoms with Crippen molar-refractivity contribution in [1.82, 2.24) is 15.0 Å². The molecule has 0 saturated heterocycles. The Hall–Kier alpha value is -6.64. The van der Waals surface area contributed by atoms with Crippen molar-refractivity contribution in [2.24, 2.45) is 0 Å². The van der Waals surface area contributed by atoms with Gasteiger partial charge in [0.25, 0.3) is 0 Å². The lowest BCUT2D eigenvalue weighted by atomic mass is 9.90. The summed E-state index contributed by atoms with van der Waals surface area (Å²) in [4.78, 5) is 14.1. The fourth-order valence-corrected chi connectivity index (χ4v) is 6.01. The van der Waals surface area contributed by atoms with Gasteiger partial charge in [0.2, 0.25) is 0 Å². The maximum atomic E-state index is 10.0. The molecule has 0 aliphatic heterocycles. The zero-order chi connectivity index (χ0) is 41.8. The van der Waals surface area contributed by atoms with E-state index in [4.69, 9.17) is 30.8 Å². The number of benzene rings is 7. The molecule has 0 amide bonds. The first-order valence-electron chi connectivity index (χ1n) is 20.4. The predicted molar refractivity (Wildman–Crippen MR) is 189 cm³/mol. The molecule has 47 heavy (non-hydrogen) atoms. The van der Waals surface area contributed by atoms with E-state index in [1.807, 2.05) is 54.6 Å². The Morgan fingerprint density at radius 2 is 1.15 bits per heavy atom. The molecule has 5 heteroatoms. The van der Waals surface area contributed by atoms with Gasteiger partial charge in [-0.05, 0) is 45.4 Å². The Bertz CT molecular complexity index is 3360. The molecule has 2 heterocycles. The third-order valence-electron chi connectivity index (χ3n) is 8.01. The summed E-state index contributed by atoms with van der Waals surface area (Å²) in [6, 6.07) is 17.2. The minimum absolute atomic E-state index is 0.0704. The number of hydrogen-bond acceptors (Lipinski definition) is 5. The second-order valence-electron chi connectivity index (χ2n) is 10.6. The first-order valence-corrected chi connectivity index (χ1v) is 14.4. The summed E-state index contributed by atoms with van der Waals surface area (Å²) in [5.74, 6) is -0.804. The molecule has 0 radical (unpaired) electrons. The van der Waals surface area contributed by atoms with Gasteiger partial charge in [-0.1, -0.05) is 127 Å². The Kier molecular flexibility index (Phi) is 3.93. The highest BCUT2D eigenvalue weighted by atomic mass is 16.3. The van der Waals surface area contributed by atoms with Gasteiger partial charge in [-0.25, -0.2) is 15.0 Å². The first kappa shape index (κ1) is 17.2. The number of fused-ring (bicyclic) bond motifs is 5. The predicted octanol–water partition coefficient (Wildman–Crippen LogP) is 10.6. The minimum atomic E-state index is -0.654. The van der Waals surface area contributed by atoms with Gasteiger partial charge in [0.1, 0.15) is 11.2 Å². The van der Waals surface area contributed by atoms with E-state index in [0.29, 0.717) is 16.5 Å². The first-order chi connectivity index (χ1) is 28.2. The van der Waals surface area contributed by atoms with Crippen LogP contribution in [-0.2, 0) is 0 Å². The van der Waals surface area contributed by atoms with Crippen LogP contribution in [0.5, 0.6) is 0 Å². The molecule has 0 bridgehead atoms. The van der Waals surface area contributed by atoms with Crippen LogP contribution in [0.15, 0.2) is 150 Å². The quantitative estimate of drug-likeness (QED) is 0.198. The number of para-hydroxylation sites is 1. The van der Waals surface area contributed by atoms with Crippen LogP contribution in [-0.4, -0.2) is 15.0 Å². The van der Waals surface area contributed by atoms with Crippen molar-refractivity contribution < 1.29 is 20.9 Å². The van der Waals surface area contributed by atoms with Crippen molar-refractivity contribution in [3.8, 4) is 51.4 Å². The van der Waals surface area contributed by atoms with Crippen LogP contribution >= 0.6 is 0 Å². The zero-order valence-corrected chi connectivity index (χ0v) is 24.1. The van der Waals surface area contributed by atoms with Crippen molar-refractivity contribution in [2.75, 3.05) is 0 Å². The third kappa shape index (κ3) is 4.35. The van der Waals surface area contributed by atoms with E-state index in [2.05, 4.69) is 11.1 Å². The van der Waals surface area contributed by atoms with Crippen LogP contribution in [0.3, 0.4) is 0 Å². The molecule has 5 nitrogen and oxygen atoms in total. The Morgan fingerprint density at radius 1 is 0.511 bits per heavy atom. The summed E-state index contributed by atoms with van der Waals surface area (Å²) < 4.78 is 109. The monoisotopic (exact) mass is 612 g/mol. The van der Waals surface area contributed by atoms with Crippen LogP contribution < -0.4 is 0 Å². The Labute approximate surface area is 286 Å². The van der Waals surface area contributed by atoms with Gasteiger partial charge in [0.05, 0.1) is 28.1 Å². The molecule has 9 rings (SSSR count). The van der Waals surface area contributed by atoms with Gasteiger partial charge in [0, 0.05) is 32.8 Å². The number of aromatic nitrogens is 3. The van der Waals surface area contributed by atoms with E-state index in [1.165, 1.54) is 0 Å². The van der Waals surface area contributed by atoms with Gasteiger partial charge in [-0.2, -0.15) is 5.26 Å². The molecule has 0 unspecified atom stereocenters.